The molecule has 0 aliphatic carbocycles. The van der Waals surface area contributed by atoms with E-state index in [2.05, 4.69) is 19.2 Å². The molecule has 1 nitrogen and oxygen atoms in total. The quantitative estimate of drug-likeness (QED) is 0.711. The van der Waals surface area contributed by atoms with E-state index in [1.54, 1.807) is 6.92 Å². The van der Waals surface area contributed by atoms with Crippen LogP contribution in [0.25, 0.3) is 12.2 Å². The van der Waals surface area contributed by atoms with Crippen LogP contribution < -0.4 is 0 Å². The van der Waals surface area contributed by atoms with Crippen LogP contribution in [0, 0.1) is 0 Å². The average molecular weight is 200 g/mol. The van der Waals surface area contributed by atoms with E-state index in [-0.39, 0.29) is 5.78 Å². The largest absolute Gasteiger partial charge is 0.300 e. The van der Waals surface area contributed by atoms with Gasteiger partial charge in [0.15, 0.2) is 0 Å². The Labute approximate surface area is 91.1 Å². The number of hydrogen-bond donors (Lipinski definition) is 0. The van der Waals surface area contributed by atoms with Gasteiger partial charge in [-0.3, -0.25) is 0 Å². The third-order valence-electron chi connectivity index (χ3n) is 2.36. The van der Waals surface area contributed by atoms with E-state index in [1.807, 2.05) is 24.3 Å². The van der Waals surface area contributed by atoms with Crippen LogP contribution in [-0.4, -0.2) is 5.78 Å². The van der Waals surface area contributed by atoms with E-state index in [0.29, 0.717) is 6.42 Å². The molecule has 0 aliphatic rings. The lowest BCUT2D eigenvalue weighted by molar-refractivity contribution is -0.116. The summed E-state index contributed by atoms with van der Waals surface area (Å²) in [4.78, 5) is 10.9. The Morgan fingerprint density at radius 2 is 1.93 bits per heavy atom. The number of ketones is 1. The van der Waals surface area contributed by atoms with Crippen LogP contribution in [0.2, 0.25) is 0 Å². The fourth-order valence-corrected chi connectivity index (χ4v) is 1.46. The number of benzene rings is 1. The first-order valence-corrected chi connectivity index (χ1v) is 5.04. The second-order valence-electron chi connectivity index (χ2n) is 3.57. The zero-order valence-electron chi connectivity index (χ0n) is 9.12. The Kier molecular flexibility index (Phi) is 4.04. The third-order valence-corrected chi connectivity index (χ3v) is 2.36. The molecule has 1 rings (SSSR count). The van der Waals surface area contributed by atoms with Gasteiger partial charge in [0.25, 0.3) is 0 Å². The first-order valence-electron chi connectivity index (χ1n) is 5.04. The van der Waals surface area contributed by atoms with Crippen LogP contribution in [0.3, 0.4) is 0 Å². The summed E-state index contributed by atoms with van der Waals surface area (Å²) in [6.45, 7) is 9.12. The van der Waals surface area contributed by atoms with Gasteiger partial charge in [0, 0.05) is 6.42 Å². The molecule has 1 aromatic carbocycles. The van der Waals surface area contributed by atoms with Crippen LogP contribution in [0.15, 0.2) is 31.4 Å². The summed E-state index contributed by atoms with van der Waals surface area (Å²) in [5.74, 6) is 0.225. The van der Waals surface area contributed by atoms with Gasteiger partial charge in [0.05, 0.1) is 0 Å². The molecule has 0 heterocycles. The molecule has 0 saturated carbocycles. The van der Waals surface area contributed by atoms with E-state index >= 15 is 0 Å². The molecule has 1 aromatic rings. The highest BCUT2D eigenvalue weighted by atomic mass is 16.1. The number of carbonyl (C=O) groups excluding carboxylic acids is 1. The van der Waals surface area contributed by atoms with Gasteiger partial charge < -0.3 is 4.79 Å². The summed E-state index contributed by atoms with van der Waals surface area (Å²) in [5.41, 5.74) is 3.33. The fourth-order valence-electron chi connectivity index (χ4n) is 1.46. The highest BCUT2D eigenvalue weighted by Crippen LogP contribution is 2.15. The van der Waals surface area contributed by atoms with Gasteiger partial charge in [-0.05, 0) is 30.0 Å². The summed E-state index contributed by atoms with van der Waals surface area (Å²) in [6, 6.07) is 6.11. The molecular formula is C14H16O. The van der Waals surface area contributed by atoms with Crippen LogP contribution in [0.4, 0.5) is 0 Å². The number of aryl methyl sites for hydroxylation is 1. The molecule has 0 bridgehead atoms. The lowest BCUT2D eigenvalue weighted by Gasteiger charge is -2.04. The lowest BCUT2D eigenvalue weighted by atomic mass is 10.0. The van der Waals surface area contributed by atoms with Crippen molar-refractivity contribution in [3.63, 3.8) is 0 Å². The van der Waals surface area contributed by atoms with Crippen LogP contribution in [0.5, 0.6) is 0 Å². The predicted molar refractivity (Wildman–Crippen MR) is 65.6 cm³/mol. The molecule has 0 fully saturated rings. The molecule has 0 aliphatic heterocycles. The number of hydrogen-bond acceptors (Lipinski definition) is 1. The van der Waals surface area contributed by atoms with E-state index in [4.69, 9.17) is 0 Å². The van der Waals surface area contributed by atoms with Crippen LogP contribution in [-0.2, 0) is 11.2 Å². The fraction of sp³-hybridized carbons (Fsp3) is 0.214. The molecule has 0 radical (unpaired) electrons. The van der Waals surface area contributed by atoms with Gasteiger partial charge in [-0.15, -0.1) is 0 Å². The first-order chi connectivity index (χ1) is 7.17. The molecule has 0 N–H and O–H groups in total. The van der Waals surface area contributed by atoms with Crippen molar-refractivity contribution in [1.29, 1.82) is 0 Å². The maximum atomic E-state index is 10.9. The van der Waals surface area contributed by atoms with Crippen molar-refractivity contribution in [3.8, 4) is 0 Å². The molecule has 0 aromatic heterocycles. The summed E-state index contributed by atoms with van der Waals surface area (Å²) in [7, 11) is 0. The summed E-state index contributed by atoms with van der Waals surface area (Å²) in [5, 5.41) is 0. The van der Waals surface area contributed by atoms with Gasteiger partial charge in [-0.1, -0.05) is 43.5 Å². The zero-order chi connectivity index (χ0) is 11.3. The predicted octanol–water partition coefficient (Wildman–Crippen LogP) is 3.49. The monoisotopic (exact) mass is 200 g/mol. The lowest BCUT2D eigenvalue weighted by Crippen LogP contribution is -1.94. The van der Waals surface area contributed by atoms with Gasteiger partial charge >= 0.3 is 0 Å². The highest BCUT2D eigenvalue weighted by Gasteiger charge is 2.00. The van der Waals surface area contributed by atoms with E-state index < -0.39 is 0 Å². The number of Topliss-reactive ketones (excluding diaryl/α,β-unsaturated/α-hetero) is 1. The van der Waals surface area contributed by atoms with Gasteiger partial charge in [0.1, 0.15) is 5.78 Å². The Morgan fingerprint density at radius 3 is 2.47 bits per heavy atom. The van der Waals surface area contributed by atoms with Crippen molar-refractivity contribution in [2.45, 2.75) is 19.8 Å². The minimum absolute atomic E-state index is 0.225. The SMILES string of the molecule is C=Cc1ccc(CCC(C)=O)cc1C=C. The summed E-state index contributed by atoms with van der Waals surface area (Å²) in [6.07, 6.45) is 5.03. The van der Waals surface area contributed by atoms with Gasteiger partial charge in [-0.25, -0.2) is 0 Å². The first kappa shape index (κ1) is 11.4. The Morgan fingerprint density at radius 1 is 1.27 bits per heavy atom. The second-order valence-corrected chi connectivity index (χ2v) is 3.57. The minimum atomic E-state index is 0.225. The Hall–Kier alpha value is -1.63. The van der Waals surface area contributed by atoms with Crippen LogP contribution >= 0.6 is 0 Å². The molecule has 0 saturated heterocycles. The number of carbonyl (C=O) groups is 1. The third kappa shape index (κ3) is 3.21. The Balaban J connectivity index is 2.88. The van der Waals surface area contributed by atoms with Crippen molar-refractivity contribution >= 4 is 17.9 Å². The summed E-state index contributed by atoms with van der Waals surface area (Å²) < 4.78 is 0. The molecule has 15 heavy (non-hydrogen) atoms. The van der Waals surface area contributed by atoms with Crippen molar-refractivity contribution in [3.05, 3.63) is 48.0 Å². The summed E-state index contributed by atoms with van der Waals surface area (Å²) >= 11 is 0. The van der Waals surface area contributed by atoms with Gasteiger partial charge in [-0.2, -0.15) is 0 Å². The van der Waals surface area contributed by atoms with E-state index in [1.165, 1.54) is 5.56 Å². The van der Waals surface area contributed by atoms with Crippen molar-refractivity contribution < 1.29 is 4.79 Å². The average Bonchev–Trinajstić information content (AvgIpc) is 2.25. The molecule has 78 valence electrons. The van der Waals surface area contributed by atoms with Gasteiger partial charge in [0.2, 0.25) is 0 Å². The molecular weight excluding hydrogens is 184 g/mol. The zero-order valence-corrected chi connectivity index (χ0v) is 9.12. The Bertz CT molecular complexity index is 388. The topological polar surface area (TPSA) is 17.1 Å². The van der Waals surface area contributed by atoms with Crippen molar-refractivity contribution in [2.75, 3.05) is 0 Å². The second kappa shape index (κ2) is 5.30. The maximum Gasteiger partial charge on any atom is 0.130 e. The highest BCUT2D eigenvalue weighted by molar-refractivity contribution is 5.75. The number of rotatable bonds is 5. The molecule has 0 atom stereocenters. The maximum absolute atomic E-state index is 10.9. The van der Waals surface area contributed by atoms with Crippen molar-refractivity contribution in [1.82, 2.24) is 0 Å². The smallest absolute Gasteiger partial charge is 0.130 e. The standard InChI is InChI=1S/C14H16O/c1-4-13-9-8-12(7-6-11(3)15)10-14(13)5-2/h4-5,8-10H,1-2,6-7H2,3H3. The molecule has 0 spiro atoms. The minimum Gasteiger partial charge on any atom is -0.300 e. The van der Waals surface area contributed by atoms with Crippen LogP contribution in [0.1, 0.15) is 30.0 Å². The molecule has 0 unspecified atom stereocenters. The molecule has 1 heteroatoms. The molecule has 0 amide bonds. The normalized spacial score (nSPS) is 9.67. The van der Waals surface area contributed by atoms with E-state index in [0.717, 1.165) is 17.5 Å². The van der Waals surface area contributed by atoms with E-state index in [9.17, 15) is 4.79 Å². The van der Waals surface area contributed by atoms with Crippen molar-refractivity contribution in [2.24, 2.45) is 0 Å².